The highest BCUT2D eigenvalue weighted by molar-refractivity contribution is 7.89. The van der Waals surface area contributed by atoms with Gasteiger partial charge in [-0.1, -0.05) is 76.2 Å². The molecular weight excluding hydrogens is 514 g/mol. The Morgan fingerprint density at radius 2 is 1.56 bits per heavy atom. The van der Waals surface area contributed by atoms with E-state index in [1.54, 1.807) is 36.4 Å². The van der Waals surface area contributed by atoms with Crippen molar-refractivity contribution in [3.63, 3.8) is 0 Å². The predicted molar refractivity (Wildman–Crippen MR) is 130 cm³/mol. The van der Waals surface area contributed by atoms with Gasteiger partial charge in [-0.25, -0.2) is 8.42 Å². The molecule has 1 N–H and O–H groups in total. The van der Waals surface area contributed by atoms with Crippen molar-refractivity contribution in [3.8, 4) is 0 Å². The van der Waals surface area contributed by atoms with Gasteiger partial charge < -0.3 is 5.32 Å². The van der Waals surface area contributed by atoms with Crippen LogP contribution in [0.2, 0.25) is 20.1 Å². The van der Waals surface area contributed by atoms with Crippen molar-refractivity contribution in [2.75, 3.05) is 11.9 Å². The average molecular weight is 532 g/mol. The van der Waals surface area contributed by atoms with Crippen molar-refractivity contribution >= 4 is 68.0 Å². The first kappa shape index (κ1) is 24.8. The number of benzene rings is 3. The quantitative estimate of drug-likeness (QED) is 0.357. The lowest BCUT2D eigenvalue weighted by atomic mass is 10.2. The van der Waals surface area contributed by atoms with Crippen molar-refractivity contribution in [1.82, 2.24) is 4.31 Å². The highest BCUT2D eigenvalue weighted by Gasteiger charge is 2.27. The van der Waals surface area contributed by atoms with E-state index in [1.165, 1.54) is 24.3 Å². The Morgan fingerprint density at radius 3 is 2.22 bits per heavy atom. The van der Waals surface area contributed by atoms with E-state index < -0.39 is 22.5 Å². The molecule has 0 aromatic heterocycles. The van der Waals surface area contributed by atoms with Crippen molar-refractivity contribution < 1.29 is 13.2 Å². The van der Waals surface area contributed by atoms with Gasteiger partial charge in [0.1, 0.15) is 0 Å². The van der Waals surface area contributed by atoms with Gasteiger partial charge >= 0.3 is 0 Å². The van der Waals surface area contributed by atoms with Crippen LogP contribution < -0.4 is 5.32 Å². The van der Waals surface area contributed by atoms with Crippen LogP contribution in [0.15, 0.2) is 65.6 Å². The molecule has 10 heteroatoms. The van der Waals surface area contributed by atoms with E-state index in [0.29, 0.717) is 10.6 Å². The van der Waals surface area contributed by atoms with Gasteiger partial charge in [0.15, 0.2) is 0 Å². The number of aryl methyl sites for hydroxylation is 1. The lowest BCUT2D eigenvalue weighted by Gasteiger charge is -2.22. The smallest absolute Gasteiger partial charge is 0.243 e. The summed E-state index contributed by atoms with van der Waals surface area (Å²) in [7, 11) is -3.99. The highest BCUT2D eigenvalue weighted by atomic mass is 35.5. The third-order valence-corrected chi connectivity index (χ3v) is 7.59. The van der Waals surface area contributed by atoms with Crippen LogP contribution in [0.4, 0.5) is 5.69 Å². The Kier molecular flexibility index (Phi) is 8.09. The monoisotopic (exact) mass is 530 g/mol. The number of nitrogens with one attached hydrogen (secondary N) is 1. The molecule has 3 rings (SSSR count). The molecular formula is C22H18Cl4N2O3S. The van der Waals surface area contributed by atoms with Gasteiger partial charge in [0.25, 0.3) is 0 Å². The third-order valence-electron chi connectivity index (χ3n) is 4.51. The standard InChI is InChI=1S/C22H18Cl4N2O3S/c1-14-5-7-17(8-6-14)32(30,31)28(12-15-3-2-4-16(23)9-15)13-22(29)27-21-11-19(25)18(24)10-20(21)26/h2-11H,12-13H2,1H3,(H,27,29). The maximum absolute atomic E-state index is 13.3. The van der Waals surface area contributed by atoms with Crippen LogP contribution in [0, 0.1) is 6.92 Å². The molecule has 3 aromatic rings. The molecule has 168 valence electrons. The maximum atomic E-state index is 13.3. The zero-order valence-corrected chi connectivity index (χ0v) is 20.6. The number of nitrogens with zero attached hydrogens (tertiary/aromatic N) is 1. The Morgan fingerprint density at radius 1 is 0.906 bits per heavy atom. The molecule has 0 unspecified atom stereocenters. The molecule has 32 heavy (non-hydrogen) atoms. The van der Waals surface area contributed by atoms with Crippen molar-refractivity contribution in [3.05, 3.63) is 91.9 Å². The molecule has 0 fully saturated rings. The second-order valence-corrected chi connectivity index (χ2v) is 10.6. The predicted octanol–water partition coefficient (Wildman–Crippen LogP) is 6.44. The third kappa shape index (κ3) is 6.16. The second kappa shape index (κ2) is 10.4. The van der Waals surface area contributed by atoms with Crippen LogP contribution in [0.3, 0.4) is 0 Å². The van der Waals surface area contributed by atoms with E-state index >= 15 is 0 Å². The zero-order valence-electron chi connectivity index (χ0n) is 16.8. The summed E-state index contributed by atoms with van der Waals surface area (Å²) in [4.78, 5) is 12.9. The number of carbonyl (C=O) groups is 1. The van der Waals surface area contributed by atoms with Crippen molar-refractivity contribution in [2.45, 2.75) is 18.4 Å². The summed E-state index contributed by atoms with van der Waals surface area (Å²) in [5.41, 5.74) is 1.77. The number of rotatable bonds is 7. The van der Waals surface area contributed by atoms with Crippen LogP contribution >= 0.6 is 46.4 Å². The Labute approximate surface area is 206 Å². The van der Waals surface area contributed by atoms with Crippen molar-refractivity contribution in [1.29, 1.82) is 0 Å². The first-order valence-corrected chi connectivity index (χ1v) is 12.3. The minimum atomic E-state index is -3.99. The number of halogens is 4. The normalized spacial score (nSPS) is 11.6. The van der Waals surface area contributed by atoms with Crippen LogP contribution in [-0.4, -0.2) is 25.2 Å². The molecule has 0 heterocycles. The number of hydrogen-bond donors (Lipinski definition) is 1. The van der Waals surface area contributed by atoms with Crippen LogP contribution in [-0.2, 0) is 21.4 Å². The second-order valence-electron chi connectivity index (χ2n) is 7.01. The Hall–Kier alpha value is -1.80. The van der Waals surface area contributed by atoms with Gasteiger partial charge in [0.05, 0.1) is 32.2 Å². The van der Waals surface area contributed by atoms with E-state index in [0.717, 1.165) is 9.87 Å². The zero-order chi connectivity index (χ0) is 23.5. The summed E-state index contributed by atoms with van der Waals surface area (Å²) in [5.74, 6) is -0.594. The fourth-order valence-corrected chi connectivity index (χ4v) is 5.08. The number of carbonyl (C=O) groups excluding carboxylic acids is 1. The summed E-state index contributed by atoms with van der Waals surface area (Å²) >= 11 is 24.1. The van der Waals surface area contributed by atoms with Gasteiger partial charge in [-0.15, -0.1) is 0 Å². The SMILES string of the molecule is Cc1ccc(S(=O)(=O)N(CC(=O)Nc2cc(Cl)c(Cl)cc2Cl)Cc2cccc(Cl)c2)cc1. The fraction of sp³-hybridized carbons (Fsp3) is 0.136. The molecule has 3 aromatic carbocycles. The van der Waals surface area contributed by atoms with Crippen LogP contribution in [0.1, 0.15) is 11.1 Å². The van der Waals surface area contributed by atoms with E-state index in [2.05, 4.69) is 5.32 Å². The molecule has 0 saturated heterocycles. The fourth-order valence-electron chi connectivity index (χ4n) is 2.89. The molecule has 0 aliphatic heterocycles. The maximum Gasteiger partial charge on any atom is 0.243 e. The Bertz CT molecular complexity index is 1250. The number of sulfonamides is 1. The number of anilines is 1. The summed E-state index contributed by atoms with van der Waals surface area (Å²) in [5, 5.41) is 3.67. The molecule has 0 spiro atoms. The molecule has 0 atom stereocenters. The van der Waals surface area contributed by atoms with E-state index in [9.17, 15) is 13.2 Å². The summed E-state index contributed by atoms with van der Waals surface area (Å²) in [6, 6.07) is 16.0. The molecule has 1 amide bonds. The molecule has 0 aliphatic rings. The first-order chi connectivity index (χ1) is 15.1. The Balaban J connectivity index is 1.90. The van der Waals surface area contributed by atoms with Gasteiger partial charge in [-0.05, 0) is 48.9 Å². The molecule has 0 aliphatic carbocycles. The van der Waals surface area contributed by atoms with E-state index in [4.69, 9.17) is 46.4 Å². The molecule has 0 saturated carbocycles. The topological polar surface area (TPSA) is 66.5 Å². The minimum Gasteiger partial charge on any atom is -0.324 e. The van der Waals surface area contributed by atoms with Gasteiger partial charge in [-0.2, -0.15) is 4.31 Å². The molecule has 0 bridgehead atoms. The van der Waals surface area contributed by atoms with Crippen molar-refractivity contribution in [2.24, 2.45) is 0 Å². The first-order valence-electron chi connectivity index (χ1n) is 9.32. The van der Waals surface area contributed by atoms with Gasteiger partial charge in [-0.3, -0.25) is 4.79 Å². The summed E-state index contributed by atoms with van der Waals surface area (Å²) < 4.78 is 27.7. The lowest BCUT2D eigenvalue weighted by molar-refractivity contribution is -0.116. The van der Waals surface area contributed by atoms with Crippen LogP contribution in [0.5, 0.6) is 0 Å². The number of hydrogen-bond acceptors (Lipinski definition) is 3. The largest absolute Gasteiger partial charge is 0.324 e. The average Bonchev–Trinajstić information content (AvgIpc) is 2.72. The molecule has 5 nitrogen and oxygen atoms in total. The highest BCUT2D eigenvalue weighted by Crippen LogP contribution is 2.32. The lowest BCUT2D eigenvalue weighted by Crippen LogP contribution is -2.37. The van der Waals surface area contributed by atoms with Gasteiger partial charge in [0, 0.05) is 11.6 Å². The van der Waals surface area contributed by atoms with E-state index in [-0.39, 0.29) is 32.2 Å². The van der Waals surface area contributed by atoms with E-state index in [1.807, 2.05) is 6.92 Å². The van der Waals surface area contributed by atoms with Crippen LogP contribution in [0.25, 0.3) is 0 Å². The summed E-state index contributed by atoms with van der Waals surface area (Å²) in [6.07, 6.45) is 0. The van der Waals surface area contributed by atoms with Gasteiger partial charge in [0.2, 0.25) is 15.9 Å². The minimum absolute atomic E-state index is 0.0563. The summed E-state index contributed by atoms with van der Waals surface area (Å²) in [6.45, 7) is 1.34. The number of amides is 1. The molecule has 0 radical (unpaired) electrons.